The van der Waals surface area contributed by atoms with Gasteiger partial charge in [0.05, 0.1) is 56.5 Å². The van der Waals surface area contributed by atoms with Crippen molar-refractivity contribution in [3.05, 3.63) is 47.5 Å². The third-order valence-electron chi connectivity index (χ3n) is 12.0. The molecule has 0 radical (unpaired) electrons. The quantitative estimate of drug-likeness (QED) is 0.141. The Balaban J connectivity index is 0.000000183. The molecule has 278 valence electrons. The van der Waals surface area contributed by atoms with Crippen molar-refractivity contribution < 1.29 is 38.0 Å². The van der Waals surface area contributed by atoms with Gasteiger partial charge in [-0.2, -0.15) is 10.5 Å². The highest BCUT2D eigenvalue weighted by Gasteiger charge is 2.76. The van der Waals surface area contributed by atoms with E-state index in [-0.39, 0.29) is 18.0 Å². The Morgan fingerprint density at radius 2 is 1.15 bits per heavy atom. The van der Waals surface area contributed by atoms with Crippen molar-refractivity contribution in [1.82, 2.24) is 0 Å². The summed E-state index contributed by atoms with van der Waals surface area (Å²) in [6.45, 7) is 0. The van der Waals surface area contributed by atoms with Gasteiger partial charge in [0.2, 0.25) is 0 Å². The summed E-state index contributed by atoms with van der Waals surface area (Å²) in [6.07, 6.45) is 13.7. The van der Waals surface area contributed by atoms with Crippen LogP contribution < -0.4 is 18.9 Å². The van der Waals surface area contributed by atoms with Crippen molar-refractivity contribution in [2.75, 3.05) is 21.3 Å². The lowest BCUT2D eigenvalue weighted by Crippen LogP contribution is -2.39. The van der Waals surface area contributed by atoms with E-state index in [1.54, 1.807) is 14.2 Å². The first-order valence-corrected chi connectivity index (χ1v) is 19.0. The largest absolute Gasteiger partial charge is 0.493 e. The molecule has 1 atom stereocenters. The summed E-state index contributed by atoms with van der Waals surface area (Å²) < 4.78 is 33.7. The second kappa shape index (κ2) is 15.5. The molecule has 5 aliphatic rings. The van der Waals surface area contributed by atoms with Crippen LogP contribution in [0.15, 0.2) is 36.4 Å². The van der Waals surface area contributed by atoms with E-state index in [9.17, 15) is 20.1 Å². The van der Waals surface area contributed by atoms with E-state index in [2.05, 4.69) is 12.1 Å². The molecule has 2 aromatic carbocycles. The molecule has 11 heteroatoms. The number of methoxy groups -OCH3 is 3. The van der Waals surface area contributed by atoms with Crippen molar-refractivity contribution in [2.24, 2.45) is 0 Å². The molecule has 1 heterocycles. The van der Waals surface area contributed by atoms with Crippen LogP contribution in [0.3, 0.4) is 0 Å². The second-order valence-corrected chi connectivity index (χ2v) is 15.4. The van der Waals surface area contributed by atoms with E-state index in [1.165, 1.54) is 32.8 Å². The highest BCUT2D eigenvalue weighted by Crippen LogP contribution is 2.62. The highest BCUT2D eigenvalue weighted by atomic mass is 35.5. The van der Waals surface area contributed by atoms with E-state index in [0.29, 0.717) is 68.6 Å². The van der Waals surface area contributed by atoms with E-state index in [0.717, 1.165) is 42.6 Å². The lowest BCUT2D eigenvalue weighted by atomic mass is 9.66. The Morgan fingerprint density at radius 3 is 1.56 bits per heavy atom. The normalized spacial score (nSPS) is 28.2. The average molecular weight is 733 g/mol. The molecule has 0 bridgehead atoms. The summed E-state index contributed by atoms with van der Waals surface area (Å²) in [5.41, 5.74) is -0.139. The fraction of sp³-hybridized carbons (Fsp3) is 0.610. The number of ketones is 1. The van der Waals surface area contributed by atoms with Gasteiger partial charge in [-0.15, -0.1) is 0 Å². The van der Waals surface area contributed by atoms with E-state index >= 15 is 0 Å². The van der Waals surface area contributed by atoms with Crippen LogP contribution in [-0.2, 0) is 29.9 Å². The number of alkyl halides is 1. The van der Waals surface area contributed by atoms with E-state index in [4.69, 9.17) is 40.0 Å². The van der Waals surface area contributed by atoms with Crippen molar-refractivity contribution in [2.45, 2.75) is 136 Å². The Bertz CT molecular complexity index is 1700. The number of epoxide rings is 1. The van der Waals surface area contributed by atoms with Gasteiger partial charge in [0.1, 0.15) is 11.4 Å². The standard InChI is InChI=1S/C22H26ClNO5.C19H23NO3/c1-26-17-8-7-15(13-18(17)28-16-5-3-4-6-16)20(14-24)9-11-21(12-10-20)22(23,29-21)19(25)27-2;1-22-17-7-6-14(12-18(17)23-16-4-2-3-5-16)19(13-20)10-8-15(21)9-11-19/h7-8,13,16H,3-6,9-12H2,1-2H3;6-7,12,16H,2-5,8-11H2,1H3. The third kappa shape index (κ3) is 7.30. The molecule has 52 heavy (non-hydrogen) atoms. The van der Waals surface area contributed by atoms with Gasteiger partial charge >= 0.3 is 5.97 Å². The number of rotatable bonds is 9. The van der Waals surface area contributed by atoms with Crippen molar-refractivity contribution >= 4 is 23.4 Å². The minimum Gasteiger partial charge on any atom is -0.493 e. The minimum absolute atomic E-state index is 0.198. The Kier molecular flexibility index (Phi) is 11.3. The van der Waals surface area contributed by atoms with Crippen LogP contribution in [0.2, 0.25) is 0 Å². The van der Waals surface area contributed by atoms with Gasteiger partial charge in [0.25, 0.3) is 5.06 Å². The summed E-state index contributed by atoms with van der Waals surface area (Å²) >= 11 is 6.36. The molecule has 0 aromatic heterocycles. The molecule has 1 saturated heterocycles. The Hall–Kier alpha value is -3.99. The molecule has 4 aliphatic carbocycles. The topological polar surface area (TPSA) is 140 Å². The fourth-order valence-corrected chi connectivity index (χ4v) is 8.91. The van der Waals surface area contributed by atoms with Crippen LogP contribution in [0.1, 0.15) is 114 Å². The summed E-state index contributed by atoms with van der Waals surface area (Å²) in [4.78, 5) is 23.5. The zero-order valence-electron chi connectivity index (χ0n) is 30.5. The third-order valence-corrected chi connectivity index (χ3v) is 12.5. The van der Waals surface area contributed by atoms with Crippen LogP contribution >= 0.6 is 11.6 Å². The summed E-state index contributed by atoms with van der Waals surface area (Å²) in [5, 5.41) is 18.4. The molecular weight excluding hydrogens is 684 g/mol. The lowest BCUT2D eigenvalue weighted by molar-refractivity contribution is -0.143. The number of halogens is 1. The minimum atomic E-state index is -1.42. The van der Waals surface area contributed by atoms with Crippen LogP contribution in [0.5, 0.6) is 23.0 Å². The number of hydrogen-bond acceptors (Lipinski definition) is 10. The molecule has 2 aromatic rings. The maximum absolute atomic E-state index is 12.0. The fourth-order valence-electron chi connectivity index (χ4n) is 8.50. The number of esters is 1. The maximum atomic E-state index is 12.0. The summed E-state index contributed by atoms with van der Waals surface area (Å²) in [7, 11) is 4.56. The summed E-state index contributed by atoms with van der Waals surface area (Å²) in [5.74, 6) is 2.49. The van der Waals surface area contributed by atoms with Crippen molar-refractivity contribution in [3.8, 4) is 35.1 Å². The van der Waals surface area contributed by atoms with Gasteiger partial charge in [-0.25, -0.2) is 4.79 Å². The highest BCUT2D eigenvalue weighted by molar-refractivity contribution is 6.36. The first-order chi connectivity index (χ1) is 25.1. The molecule has 0 N–H and O–H groups in total. The molecule has 5 fully saturated rings. The van der Waals surface area contributed by atoms with Crippen LogP contribution in [0.25, 0.3) is 0 Å². The average Bonchev–Trinajstić information content (AvgIpc) is 3.61. The SMILES string of the molecule is COC(=O)C1(Cl)OC12CCC(C#N)(c1ccc(OC)c(OC3CCCC3)c1)CC2.COc1ccc(C2(C#N)CCC(=O)CC2)cc1OC1CCCC1. The molecule has 7 rings (SSSR count). The smallest absolute Gasteiger partial charge is 0.357 e. The number of nitrogens with zero attached hydrogens (tertiary/aromatic N) is 2. The van der Waals surface area contributed by atoms with Crippen molar-refractivity contribution in [1.29, 1.82) is 10.5 Å². The molecule has 10 nitrogen and oxygen atoms in total. The number of nitriles is 2. The van der Waals surface area contributed by atoms with Crippen LogP contribution in [0, 0.1) is 22.7 Å². The summed E-state index contributed by atoms with van der Waals surface area (Å²) in [6, 6.07) is 16.5. The Labute approximate surface area is 311 Å². The molecular formula is C41H49ClN2O8. The predicted octanol–water partition coefficient (Wildman–Crippen LogP) is 8.15. The zero-order valence-corrected chi connectivity index (χ0v) is 31.2. The maximum Gasteiger partial charge on any atom is 0.357 e. The molecule has 1 aliphatic heterocycles. The number of carbonyl (C=O) groups excluding carboxylic acids is 2. The number of benzene rings is 2. The van der Waals surface area contributed by atoms with Gasteiger partial charge in [-0.05, 0) is 125 Å². The molecule has 1 unspecified atom stereocenters. The Morgan fingerprint density at radius 1 is 0.712 bits per heavy atom. The molecule has 0 amide bonds. The number of carbonyl (C=O) groups is 2. The zero-order chi connectivity index (χ0) is 37.0. The van der Waals surface area contributed by atoms with Gasteiger partial charge < -0.3 is 28.4 Å². The number of hydrogen-bond donors (Lipinski definition) is 0. The monoisotopic (exact) mass is 732 g/mol. The molecule has 4 saturated carbocycles. The van der Waals surface area contributed by atoms with Crippen molar-refractivity contribution in [3.63, 3.8) is 0 Å². The first kappa shape index (κ1) is 37.8. The second-order valence-electron chi connectivity index (χ2n) is 14.9. The van der Waals surface area contributed by atoms with Gasteiger partial charge in [0.15, 0.2) is 23.0 Å². The van der Waals surface area contributed by atoms with Crippen LogP contribution in [0.4, 0.5) is 0 Å². The van der Waals surface area contributed by atoms with Gasteiger partial charge in [0, 0.05) is 12.8 Å². The first-order valence-electron chi connectivity index (χ1n) is 18.6. The van der Waals surface area contributed by atoms with E-state index < -0.39 is 27.5 Å². The van der Waals surface area contributed by atoms with Gasteiger partial charge in [-0.1, -0.05) is 23.7 Å². The van der Waals surface area contributed by atoms with Gasteiger partial charge in [-0.3, -0.25) is 4.79 Å². The van der Waals surface area contributed by atoms with E-state index in [1.807, 2.05) is 36.4 Å². The number of Topliss-reactive ketones (excluding diaryl/α,β-unsaturated/α-hetero) is 1. The lowest BCUT2D eigenvalue weighted by Gasteiger charge is -2.35. The molecule has 1 spiro atoms. The number of ether oxygens (including phenoxy) is 6. The predicted molar refractivity (Wildman–Crippen MR) is 193 cm³/mol. The van der Waals surface area contributed by atoms with Crippen LogP contribution in [-0.4, -0.2) is 56.0 Å².